The van der Waals surface area contributed by atoms with Gasteiger partial charge >= 0.3 is 5.69 Å². The van der Waals surface area contributed by atoms with E-state index in [1.54, 1.807) is 14.0 Å². The number of rotatable bonds is 4. The molecule has 0 saturated carbocycles. The van der Waals surface area contributed by atoms with Crippen LogP contribution in [0.1, 0.15) is 11.3 Å². The normalized spacial score (nSPS) is 10.6. The zero-order chi connectivity index (χ0) is 14.9. The second-order valence-corrected chi connectivity index (χ2v) is 4.55. The Bertz CT molecular complexity index is 669. The van der Waals surface area contributed by atoms with Crippen LogP contribution in [0.25, 0.3) is 0 Å². The molecule has 0 aliphatic carbocycles. The molecule has 0 amide bonds. The fourth-order valence-electron chi connectivity index (χ4n) is 1.88. The van der Waals surface area contributed by atoms with Gasteiger partial charge in [-0.1, -0.05) is 17.7 Å². The highest BCUT2D eigenvalue weighted by Crippen LogP contribution is 2.38. The molecular weight excluding hydrogens is 284 g/mol. The van der Waals surface area contributed by atoms with Crippen LogP contribution in [0.3, 0.4) is 0 Å². The largest absolute Gasteiger partial charge is 0.430 e. The molecule has 0 fully saturated rings. The van der Waals surface area contributed by atoms with Crippen LogP contribution in [0.5, 0.6) is 11.6 Å². The number of benzene rings is 1. The summed E-state index contributed by atoms with van der Waals surface area (Å²) in [5.41, 5.74) is 6.84. The minimum Gasteiger partial charge on any atom is -0.430 e. The fraction of sp³-hybridized carbons (Fsp3) is 0.250. The van der Waals surface area contributed by atoms with E-state index in [-0.39, 0.29) is 23.0 Å². The van der Waals surface area contributed by atoms with E-state index in [1.165, 1.54) is 22.9 Å². The van der Waals surface area contributed by atoms with Crippen molar-refractivity contribution in [3.8, 4) is 11.6 Å². The van der Waals surface area contributed by atoms with E-state index >= 15 is 0 Å². The Hall–Kier alpha value is -2.12. The Morgan fingerprint density at radius 2 is 2.25 bits per heavy atom. The molecule has 106 valence electrons. The van der Waals surface area contributed by atoms with Crippen LogP contribution in [-0.4, -0.2) is 14.7 Å². The third-order valence-corrected chi connectivity index (χ3v) is 3.13. The van der Waals surface area contributed by atoms with Gasteiger partial charge in [-0.15, -0.1) is 0 Å². The van der Waals surface area contributed by atoms with E-state index in [4.69, 9.17) is 22.1 Å². The number of nitrogens with zero attached hydrogens (tertiary/aromatic N) is 3. The molecule has 0 aliphatic rings. The molecule has 2 N–H and O–H groups in total. The number of hydrogen-bond acceptors (Lipinski definition) is 5. The van der Waals surface area contributed by atoms with Crippen LogP contribution in [-0.2, 0) is 13.6 Å². The molecule has 0 saturated heterocycles. The second kappa shape index (κ2) is 5.48. The molecule has 7 nitrogen and oxygen atoms in total. The molecule has 20 heavy (non-hydrogen) atoms. The Morgan fingerprint density at radius 3 is 2.85 bits per heavy atom. The minimum atomic E-state index is -0.549. The van der Waals surface area contributed by atoms with Crippen molar-refractivity contribution >= 4 is 17.3 Å². The average molecular weight is 297 g/mol. The first kappa shape index (κ1) is 14.3. The maximum absolute atomic E-state index is 11.0. The highest BCUT2D eigenvalue weighted by Gasteiger charge is 2.22. The van der Waals surface area contributed by atoms with Gasteiger partial charge in [-0.3, -0.25) is 10.1 Å². The van der Waals surface area contributed by atoms with Crippen molar-refractivity contribution in [1.82, 2.24) is 9.78 Å². The van der Waals surface area contributed by atoms with E-state index in [9.17, 15) is 10.1 Å². The first-order valence-electron chi connectivity index (χ1n) is 5.79. The van der Waals surface area contributed by atoms with Crippen LogP contribution < -0.4 is 10.5 Å². The molecule has 2 aromatic rings. The van der Waals surface area contributed by atoms with Gasteiger partial charge in [0, 0.05) is 19.7 Å². The molecule has 1 heterocycles. The number of nitro groups is 1. The third-order valence-electron chi connectivity index (χ3n) is 2.83. The Balaban J connectivity index is 2.53. The first-order valence-corrected chi connectivity index (χ1v) is 6.16. The molecule has 1 aromatic heterocycles. The monoisotopic (exact) mass is 296 g/mol. The zero-order valence-electron chi connectivity index (χ0n) is 11.0. The van der Waals surface area contributed by atoms with Gasteiger partial charge in [0.1, 0.15) is 0 Å². The summed E-state index contributed by atoms with van der Waals surface area (Å²) in [4.78, 5) is 10.5. The number of aryl methyl sites for hydroxylation is 2. The van der Waals surface area contributed by atoms with Gasteiger partial charge in [0.25, 0.3) is 0 Å². The quantitative estimate of drug-likeness (QED) is 0.691. The number of halogens is 1. The number of ether oxygens (including phenoxy) is 1. The van der Waals surface area contributed by atoms with Gasteiger partial charge < -0.3 is 10.5 Å². The Morgan fingerprint density at radius 1 is 1.55 bits per heavy atom. The molecule has 0 bridgehead atoms. The van der Waals surface area contributed by atoms with Gasteiger partial charge in [-0.05, 0) is 13.0 Å². The predicted molar refractivity (Wildman–Crippen MR) is 74.0 cm³/mol. The van der Waals surface area contributed by atoms with E-state index in [0.717, 1.165) is 0 Å². The van der Waals surface area contributed by atoms with Gasteiger partial charge in [-0.2, -0.15) is 5.10 Å². The van der Waals surface area contributed by atoms with E-state index < -0.39 is 4.92 Å². The van der Waals surface area contributed by atoms with E-state index in [1.807, 2.05) is 0 Å². The van der Waals surface area contributed by atoms with E-state index in [2.05, 4.69) is 5.10 Å². The number of hydrogen-bond donors (Lipinski definition) is 1. The van der Waals surface area contributed by atoms with Gasteiger partial charge in [0.2, 0.25) is 11.6 Å². The lowest BCUT2D eigenvalue weighted by atomic mass is 10.2. The van der Waals surface area contributed by atoms with Crippen LogP contribution >= 0.6 is 11.6 Å². The highest BCUT2D eigenvalue weighted by molar-refractivity contribution is 6.32. The standard InChI is InChI=1S/C12H13ClN4O3/c1-7-8(6-14)12(16(2)15-7)20-11-9(13)4-3-5-10(11)17(18)19/h3-5H,6,14H2,1-2H3. The number of nitrogens with two attached hydrogens (primary N) is 1. The smallest absolute Gasteiger partial charge is 0.313 e. The molecular formula is C12H13ClN4O3. The zero-order valence-corrected chi connectivity index (χ0v) is 11.7. The van der Waals surface area contributed by atoms with Crippen LogP contribution in [0.15, 0.2) is 18.2 Å². The van der Waals surface area contributed by atoms with Crippen molar-refractivity contribution in [3.63, 3.8) is 0 Å². The van der Waals surface area contributed by atoms with Crippen molar-refractivity contribution in [3.05, 3.63) is 44.6 Å². The highest BCUT2D eigenvalue weighted by atomic mass is 35.5. The lowest BCUT2D eigenvalue weighted by molar-refractivity contribution is -0.385. The lowest BCUT2D eigenvalue weighted by Gasteiger charge is -2.09. The SMILES string of the molecule is Cc1nn(C)c(Oc2c(Cl)cccc2[N+](=O)[O-])c1CN. The molecule has 0 spiro atoms. The molecule has 0 unspecified atom stereocenters. The summed E-state index contributed by atoms with van der Waals surface area (Å²) in [6.45, 7) is 2.00. The number of aromatic nitrogens is 2. The number of para-hydroxylation sites is 1. The van der Waals surface area contributed by atoms with Crippen molar-refractivity contribution in [2.45, 2.75) is 13.5 Å². The van der Waals surface area contributed by atoms with Crippen LogP contribution in [0.4, 0.5) is 5.69 Å². The topological polar surface area (TPSA) is 96.2 Å². The summed E-state index contributed by atoms with van der Waals surface area (Å²) >= 11 is 5.99. The molecule has 0 aliphatic heterocycles. The summed E-state index contributed by atoms with van der Waals surface area (Å²) in [7, 11) is 1.67. The molecule has 0 radical (unpaired) electrons. The second-order valence-electron chi connectivity index (χ2n) is 4.14. The molecule has 8 heteroatoms. The van der Waals surface area contributed by atoms with Crippen molar-refractivity contribution < 1.29 is 9.66 Å². The Labute approximate surface area is 120 Å². The number of nitro benzene ring substituents is 1. The third kappa shape index (κ3) is 2.45. The van der Waals surface area contributed by atoms with Crippen molar-refractivity contribution in [1.29, 1.82) is 0 Å². The summed E-state index contributed by atoms with van der Waals surface area (Å²) < 4.78 is 7.10. The minimum absolute atomic E-state index is 0.0168. The first-order chi connectivity index (χ1) is 9.45. The van der Waals surface area contributed by atoms with Gasteiger partial charge in [0.15, 0.2) is 0 Å². The predicted octanol–water partition coefficient (Wildman–Crippen LogP) is 2.54. The van der Waals surface area contributed by atoms with Crippen LogP contribution in [0, 0.1) is 17.0 Å². The summed E-state index contributed by atoms with van der Waals surface area (Å²) in [6, 6.07) is 4.34. The van der Waals surface area contributed by atoms with Gasteiger partial charge in [0.05, 0.1) is 21.2 Å². The van der Waals surface area contributed by atoms with Crippen LogP contribution in [0.2, 0.25) is 5.02 Å². The summed E-state index contributed by atoms with van der Waals surface area (Å²) in [5, 5.41) is 15.4. The molecule has 0 atom stereocenters. The molecule has 2 rings (SSSR count). The van der Waals surface area contributed by atoms with Crippen molar-refractivity contribution in [2.75, 3.05) is 0 Å². The molecule has 1 aromatic carbocycles. The summed E-state index contributed by atoms with van der Waals surface area (Å²) in [6.07, 6.45) is 0. The maximum Gasteiger partial charge on any atom is 0.313 e. The summed E-state index contributed by atoms with van der Waals surface area (Å²) in [5.74, 6) is 0.332. The lowest BCUT2D eigenvalue weighted by Crippen LogP contribution is -2.03. The average Bonchev–Trinajstić information content (AvgIpc) is 2.65. The van der Waals surface area contributed by atoms with E-state index in [0.29, 0.717) is 17.1 Å². The maximum atomic E-state index is 11.0. The fourth-order valence-corrected chi connectivity index (χ4v) is 2.09. The Kier molecular flexibility index (Phi) is 3.91. The van der Waals surface area contributed by atoms with Crippen molar-refractivity contribution in [2.24, 2.45) is 12.8 Å². The van der Waals surface area contributed by atoms with Gasteiger partial charge in [-0.25, -0.2) is 4.68 Å².